The first-order valence-corrected chi connectivity index (χ1v) is 22.7. The van der Waals surface area contributed by atoms with Gasteiger partial charge < -0.3 is 52.2 Å². The maximum absolute atomic E-state index is 13.8. The van der Waals surface area contributed by atoms with Crippen LogP contribution >= 0.6 is 58.5 Å². The lowest BCUT2D eigenvalue weighted by molar-refractivity contribution is -0.685. The molecule has 0 radical (unpaired) electrons. The van der Waals surface area contributed by atoms with Crippen LogP contribution in [-0.4, -0.2) is 116 Å². The predicted molar refractivity (Wildman–Crippen MR) is 233 cm³/mol. The van der Waals surface area contributed by atoms with Gasteiger partial charge >= 0.3 is 18.0 Å². The summed E-state index contributed by atoms with van der Waals surface area (Å²) in [6.07, 6.45) is 3.03. The molecule has 3 atom stereocenters. The van der Waals surface area contributed by atoms with E-state index >= 15 is 0 Å². The van der Waals surface area contributed by atoms with Gasteiger partial charge in [-0.15, -0.1) is 35.3 Å². The summed E-state index contributed by atoms with van der Waals surface area (Å²) in [5, 5.41) is 26.2. The van der Waals surface area contributed by atoms with Crippen LogP contribution in [0.3, 0.4) is 0 Å². The van der Waals surface area contributed by atoms with Crippen molar-refractivity contribution < 1.29 is 70.0 Å². The Morgan fingerprint density at radius 3 is 2.35 bits per heavy atom. The molecule has 15 nitrogen and oxygen atoms in total. The van der Waals surface area contributed by atoms with Gasteiger partial charge in [-0.2, -0.15) is 4.57 Å². The van der Waals surface area contributed by atoms with Crippen LogP contribution in [0.1, 0.15) is 32.8 Å². The number of thioether (sulfide) groups is 3. The predicted octanol–water partition coefficient (Wildman–Crippen LogP) is 2.36. The zero-order chi connectivity index (χ0) is 44.4. The Morgan fingerprint density at radius 2 is 1.73 bits per heavy atom. The summed E-state index contributed by atoms with van der Waals surface area (Å²) in [5.41, 5.74) is 0.435. The maximum Gasteiger partial charge on any atom is 0.407 e. The van der Waals surface area contributed by atoms with Crippen LogP contribution in [0.25, 0.3) is 0 Å². The number of aromatic nitrogens is 1. The number of β-lactam (4-membered cyclic amide) rings is 1. The molecular weight excluding hydrogens is 969 g/mol. The number of halogens is 3. The highest BCUT2D eigenvalue weighted by Crippen LogP contribution is 2.42. The third-order valence-corrected chi connectivity index (χ3v) is 13.4. The van der Waals surface area contributed by atoms with Crippen LogP contribution in [0.4, 0.5) is 4.79 Å². The van der Waals surface area contributed by atoms with E-state index in [1.807, 2.05) is 0 Å². The number of carboxylic acids is 2. The first-order valence-electron chi connectivity index (χ1n) is 18.9. The average Bonchev–Trinajstić information content (AvgIpc) is 3.21. The fourth-order valence-electron chi connectivity index (χ4n) is 6.33. The fraction of sp³-hybridized carbons (Fsp3) is 0.390. The molecule has 3 heterocycles. The molecule has 2 aromatic carbocycles. The second-order valence-electron chi connectivity index (χ2n) is 14.8. The van der Waals surface area contributed by atoms with Gasteiger partial charge in [0.05, 0.1) is 17.9 Å². The minimum atomic E-state index is -1.24. The van der Waals surface area contributed by atoms with E-state index in [-0.39, 0.29) is 66.7 Å². The van der Waals surface area contributed by atoms with Crippen molar-refractivity contribution in [3.8, 4) is 5.75 Å². The monoisotopic (exact) mass is 1010 g/mol. The van der Waals surface area contributed by atoms with Crippen molar-refractivity contribution >= 4 is 94.2 Å². The third-order valence-electron chi connectivity index (χ3n) is 9.22. The molecule has 0 saturated carbocycles. The first kappa shape index (κ1) is 50.5. The standard InChI is InChI=1S/C41H45Cl2N5O10S3.BrH/c1-41(2,3)58-40(56)44-14-5-15-47(30(38(52)53)18-24-6-9-27(57-4)10-7-24)33(50)20-46-16-12-28(13-17-46)59-21-25-22-61-37-34(36(51)48(37)35(25)39(54)55)45-32(49)23-60-31-19-26(42)8-11-29(31)43;/h6-13,16-17,19,30,34,37H,5,14-15,18,20-23H2,1-4H3,(H3-,44,45,49,52,53,54,55,56);1H/t30?,34-,37+;/m0./s1. The number of nitrogens with one attached hydrogen (secondary N) is 2. The summed E-state index contributed by atoms with van der Waals surface area (Å²) in [6.45, 7) is 5.23. The van der Waals surface area contributed by atoms with Crippen molar-refractivity contribution in [2.75, 3.05) is 37.5 Å². The normalized spacial score (nSPS) is 16.2. The van der Waals surface area contributed by atoms with Gasteiger partial charge in [0.15, 0.2) is 12.4 Å². The summed E-state index contributed by atoms with van der Waals surface area (Å²) in [5.74, 6) is -2.61. The van der Waals surface area contributed by atoms with E-state index in [0.717, 1.165) is 4.90 Å². The topological polar surface area (TPSA) is 196 Å². The van der Waals surface area contributed by atoms with Crippen LogP contribution in [0.15, 0.2) is 88.1 Å². The Bertz CT molecular complexity index is 2160. The number of amides is 4. The van der Waals surface area contributed by atoms with Crippen molar-refractivity contribution in [2.24, 2.45) is 0 Å². The summed E-state index contributed by atoms with van der Waals surface area (Å²) in [6, 6.07) is 13.3. The van der Waals surface area contributed by atoms with Crippen LogP contribution in [-0.2, 0) is 41.7 Å². The van der Waals surface area contributed by atoms with E-state index in [9.17, 15) is 39.0 Å². The summed E-state index contributed by atoms with van der Waals surface area (Å²) in [4.78, 5) is 81.0. The number of alkyl carbamates (subject to hydrolysis) is 1. The van der Waals surface area contributed by atoms with E-state index in [1.54, 1.807) is 92.3 Å². The number of nitrogens with zero attached hydrogens (tertiary/aromatic N) is 3. The molecule has 3 aromatic rings. The Balaban J connectivity index is 0.00000845. The lowest BCUT2D eigenvalue weighted by atomic mass is 10.0. The Hall–Kier alpha value is -4.14. The second kappa shape index (κ2) is 23.0. The number of methoxy groups -OCH3 is 1. The molecule has 2 aliphatic rings. The van der Waals surface area contributed by atoms with Crippen LogP contribution in [0, 0.1) is 0 Å². The Morgan fingerprint density at radius 1 is 1.03 bits per heavy atom. The SMILES string of the molecule is COc1ccc(CC(C(=O)O)N(CCCNC(=O)OC(C)(C)C)C(=O)C[n+]2ccc(SCC3=C(C(=O)O)N4C(=O)[C@H](NC(=O)CSc5cc(Cl)ccc5Cl)[C@H]4SC3)cc2)cc1.[Br-]. The molecule has 4 N–H and O–H groups in total. The second-order valence-corrected chi connectivity index (χ2v) is 18.9. The van der Waals surface area contributed by atoms with Crippen molar-refractivity contribution in [3.63, 3.8) is 0 Å². The molecule has 1 unspecified atom stereocenters. The van der Waals surface area contributed by atoms with Crippen molar-refractivity contribution in [1.29, 1.82) is 0 Å². The molecule has 21 heteroatoms. The van der Waals surface area contributed by atoms with Gasteiger partial charge in [0.1, 0.15) is 34.5 Å². The highest BCUT2D eigenvalue weighted by molar-refractivity contribution is 8.01. The number of benzene rings is 2. The van der Waals surface area contributed by atoms with Gasteiger partial charge in [-0.25, -0.2) is 14.4 Å². The summed E-state index contributed by atoms with van der Waals surface area (Å²) >= 11 is 16.1. The van der Waals surface area contributed by atoms with E-state index < -0.39 is 58.8 Å². The fourth-order valence-corrected chi connectivity index (χ4v) is 10.0. The van der Waals surface area contributed by atoms with E-state index in [0.29, 0.717) is 37.6 Å². The number of aliphatic carboxylic acids is 2. The van der Waals surface area contributed by atoms with Gasteiger partial charge in [0.25, 0.3) is 11.8 Å². The molecule has 62 heavy (non-hydrogen) atoms. The van der Waals surface area contributed by atoms with Gasteiger partial charge in [0.2, 0.25) is 12.5 Å². The summed E-state index contributed by atoms with van der Waals surface area (Å²) < 4.78 is 12.1. The minimum absolute atomic E-state index is 0. The van der Waals surface area contributed by atoms with Crippen molar-refractivity contribution in [3.05, 3.63) is 93.9 Å². The van der Waals surface area contributed by atoms with E-state index in [1.165, 1.54) is 52.2 Å². The molecule has 0 aliphatic carbocycles. The van der Waals surface area contributed by atoms with Crippen molar-refractivity contribution in [1.82, 2.24) is 20.4 Å². The molecule has 334 valence electrons. The number of ether oxygens (including phenoxy) is 2. The molecule has 0 bridgehead atoms. The van der Waals surface area contributed by atoms with Gasteiger partial charge in [-0.05, 0) is 68.7 Å². The average molecular weight is 1020 g/mol. The Labute approximate surface area is 392 Å². The smallest absolute Gasteiger partial charge is 0.407 e. The lowest BCUT2D eigenvalue weighted by Gasteiger charge is -2.49. The number of hydrogen-bond donors (Lipinski definition) is 4. The maximum atomic E-state index is 13.8. The quantitative estimate of drug-likeness (QED) is 0.0593. The molecule has 1 aromatic heterocycles. The number of rotatable bonds is 19. The van der Waals surface area contributed by atoms with Crippen molar-refractivity contribution in [2.45, 2.75) is 73.0 Å². The zero-order valence-corrected chi connectivity index (χ0v) is 39.6. The number of carbonyl (C=O) groups excluding carboxylic acids is 4. The molecule has 1 saturated heterocycles. The first-order chi connectivity index (χ1) is 28.9. The molecule has 1 fully saturated rings. The minimum Gasteiger partial charge on any atom is -1.00 e. The zero-order valence-electron chi connectivity index (χ0n) is 34.1. The molecule has 2 aliphatic heterocycles. The number of fused-ring (bicyclic) bond motifs is 1. The number of pyridine rings is 1. The Kier molecular flexibility index (Phi) is 18.7. The van der Waals surface area contributed by atoms with Gasteiger partial charge in [-0.3, -0.25) is 19.3 Å². The van der Waals surface area contributed by atoms with Crippen LogP contribution in [0.2, 0.25) is 10.0 Å². The number of hydrogen-bond acceptors (Lipinski definition) is 11. The van der Waals surface area contributed by atoms with E-state index in [2.05, 4.69) is 10.6 Å². The van der Waals surface area contributed by atoms with Crippen LogP contribution in [0.5, 0.6) is 5.75 Å². The van der Waals surface area contributed by atoms with Gasteiger partial charge in [0, 0.05) is 58.0 Å². The van der Waals surface area contributed by atoms with E-state index in [4.69, 9.17) is 32.7 Å². The third kappa shape index (κ3) is 13.9. The molecular formula is C41H46BrCl2N5O10S3. The molecule has 0 spiro atoms. The molecule has 5 rings (SSSR count). The van der Waals surface area contributed by atoms with Crippen LogP contribution < -0.4 is 36.9 Å². The number of carbonyl (C=O) groups is 6. The number of carboxylic acid groups (broad SMARTS) is 2. The highest BCUT2D eigenvalue weighted by atomic mass is 79.9. The highest BCUT2D eigenvalue weighted by Gasteiger charge is 2.54. The largest absolute Gasteiger partial charge is 1.00 e. The lowest BCUT2D eigenvalue weighted by Crippen LogP contribution is -3.00. The summed E-state index contributed by atoms with van der Waals surface area (Å²) in [7, 11) is 1.53. The van der Waals surface area contributed by atoms with Gasteiger partial charge in [-0.1, -0.05) is 35.3 Å². The molecule has 4 amide bonds.